The fourth-order valence-corrected chi connectivity index (χ4v) is 2.52. The van der Waals surface area contributed by atoms with Crippen molar-refractivity contribution in [2.24, 2.45) is 0 Å². The Kier molecular flexibility index (Phi) is 5.31. The van der Waals surface area contributed by atoms with Gasteiger partial charge in [0.1, 0.15) is 10.8 Å². The summed E-state index contributed by atoms with van der Waals surface area (Å²) in [6, 6.07) is 6.89. The first kappa shape index (κ1) is 14.7. The number of rotatable bonds is 6. The molecule has 0 fully saturated rings. The van der Waals surface area contributed by atoms with E-state index in [9.17, 15) is 4.79 Å². The minimum Gasteiger partial charge on any atom is -0.484 e. The van der Waals surface area contributed by atoms with Gasteiger partial charge in [-0.25, -0.2) is 0 Å². The molecule has 0 aliphatic carbocycles. The molecule has 106 valence electrons. The number of nitrogens with zero attached hydrogens (tertiary/aromatic N) is 2. The molecular formula is C13H14ClN3O2S. The quantitative estimate of drug-likeness (QED) is 0.890. The number of carbonyl (C=O) groups is 1. The molecule has 0 bridgehead atoms. The fraction of sp³-hybridized carbons (Fsp3) is 0.308. The van der Waals surface area contributed by atoms with Gasteiger partial charge in [-0.05, 0) is 24.6 Å². The number of halogens is 1. The molecule has 1 aromatic carbocycles. The second-order valence-corrected chi connectivity index (χ2v) is 5.54. The van der Waals surface area contributed by atoms with Crippen LogP contribution >= 0.6 is 22.9 Å². The van der Waals surface area contributed by atoms with Crippen LogP contribution in [0.4, 0.5) is 5.13 Å². The first-order valence-electron chi connectivity index (χ1n) is 6.18. The zero-order chi connectivity index (χ0) is 14.4. The van der Waals surface area contributed by atoms with E-state index in [4.69, 9.17) is 16.3 Å². The third-order valence-electron chi connectivity index (χ3n) is 2.34. The molecule has 0 saturated carbocycles. The van der Waals surface area contributed by atoms with E-state index in [0.717, 1.165) is 17.8 Å². The van der Waals surface area contributed by atoms with E-state index in [1.54, 1.807) is 24.3 Å². The highest BCUT2D eigenvalue weighted by Gasteiger charge is 2.08. The van der Waals surface area contributed by atoms with E-state index in [2.05, 4.69) is 22.4 Å². The molecule has 0 radical (unpaired) electrons. The van der Waals surface area contributed by atoms with Crippen molar-refractivity contribution in [3.63, 3.8) is 0 Å². The van der Waals surface area contributed by atoms with Crippen LogP contribution < -0.4 is 10.1 Å². The monoisotopic (exact) mass is 311 g/mol. The smallest absolute Gasteiger partial charge is 0.264 e. The summed E-state index contributed by atoms with van der Waals surface area (Å²) in [5, 5.41) is 12.5. The van der Waals surface area contributed by atoms with Gasteiger partial charge in [0.05, 0.1) is 0 Å². The lowest BCUT2D eigenvalue weighted by molar-refractivity contribution is -0.118. The van der Waals surface area contributed by atoms with Gasteiger partial charge in [-0.1, -0.05) is 35.9 Å². The minimum absolute atomic E-state index is 0.0942. The Labute approximate surface area is 125 Å². The average molecular weight is 312 g/mol. The van der Waals surface area contributed by atoms with Crippen molar-refractivity contribution in [1.82, 2.24) is 10.2 Å². The summed E-state index contributed by atoms with van der Waals surface area (Å²) < 4.78 is 5.34. The summed E-state index contributed by atoms with van der Waals surface area (Å²) >= 11 is 7.20. The Morgan fingerprint density at radius 1 is 1.45 bits per heavy atom. The van der Waals surface area contributed by atoms with E-state index < -0.39 is 0 Å². The third kappa shape index (κ3) is 4.47. The Bertz CT molecular complexity index is 589. The number of aromatic nitrogens is 2. The summed E-state index contributed by atoms with van der Waals surface area (Å²) in [5.41, 5.74) is 0. The molecule has 0 saturated heterocycles. The van der Waals surface area contributed by atoms with Gasteiger partial charge in [-0.3, -0.25) is 10.1 Å². The molecule has 1 aromatic heterocycles. The summed E-state index contributed by atoms with van der Waals surface area (Å²) in [7, 11) is 0. The van der Waals surface area contributed by atoms with Crippen LogP contribution in [0.25, 0.3) is 0 Å². The van der Waals surface area contributed by atoms with Gasteiger partial charge >= 0.3 is 0 Å². The molecule has 0 unspecified atom stereocenters. The summed E-state index contributed by atoms with van der Waals surface area (Å²) in [4.78, 5) is 11.7. The molecule has 0 atom stereocenters. The highest BCUT2D eigenvalue weighted by atomic mass is 35.5. The molecule has 2 aromatic rings. The van der Waals surface area contributed by atoms with Crippen molar-refractivity contribution in [2.45, 2.75) is 19.8 Å². The zero-order valence-corrected chi connectivity index (χ0v) is 12.5. The standard InChI is InChI=1S/C13H14ClN3O2S/c1-2-4-12-16-17-13(20-12)15-11(18)8-19-10-6-3-5-9(14)7-10/h3,5-7H,2,4,8H2,1H3,(H,15,17,18). The molecule has 2 rings (SSSR count). The predicted molar refractivity (Wildman–Crippen MR) is 79.5 cm³/mol. The van der Waals surface area contributed by atoms with Crippen LogP contribution in [0.15, 0.2) is 24.3 Å². The molecule has 7 heteroatoms. The molecule has 1 heterocycles. The number of hydrogen-bond donors (Lipinski definition) is 1. The average Bonchev–Trinajstić information content (AvgIpc) is 2.84. The molecule has 5 nitrogen and oxygen atoms in total. The lowest BCUT2D eigenvalue weighted by Crippen LogP contribution is -2.20. The second kappa shape index (κ2) is 7.21. The molecule has 0 aliphatic heterocycles. The van der Waals surface area contributed by atoms with Crippen LogP contribution in [0.5, 0.6) is 5.75 Å². The van der Waals surface area contributed by atoms with Crippen LogP contribution in [-0.4, -0.2) is 22.7 Å². The maximum absolute atomic E-state index is 11.7. The Morgan fingerprint density at radius 3 is 3.05 bits per heavy atom. The lowest BCUT2D eigenvalue weighted by atomic mass is 10.3. The molecule has 20 heavy (non-hydrogen) atoms. The van der Waals surface area contributed by atoms with Crippen LogP contribution in [0.2, 0.25) is 5.02 Å². The number of hydrogen-bond acceptors (Lipinski definition) is 5. The first-order valence-corrected chi connectivity index (χ1v) is 7.37. The van der Waals surface area contributed by atoms with E-state index in [1.165, 1.54) is 11.3 Å². The van der Waals surface area contributed by atoms with E-state index in [-0.39, 0.29) is 12.5 Å². The van der Waals surface area contributed by atoms with Gasteiger partial charge in [-0.15, -0.1) is 10.2 Å². The van der Waals surface area contributed by atoms with Crippen molar-refractivity contribution in [2.75, 3.05) is 11.9 Å². The second-order valence-electron chi connectivity index (χ2n) is 4.05. The van der Waals surface area contributed by atoms with Crippen LogP contribution in [0.3, 0.4) is 0 Å². The molecule has 1 amide bonds. The Morgan fingerprint density at radius 2 is 2.30 bits per heavy atom. The highest BCUT2D eigenvalue weighted by molar-refractivity contribution is 7.15. The number of ether oxygens (including phenoxy) is 1. The Hall–Kier alpha value is -1.66. The maximum Gasteiger partial charge on any atom is 0.264 e. The highest BCUT2D eigenvalue weighted by Crippen LogP contribution is 2.18. The Balaban J connectivity index is 1.82. The normalized spacial score (nSPS) is 10.3. The number of anilines is 1. The van der Waals surface area contributed by atoms with Crippen molar-refractivity contribution in [1.29, 1.82) is 0 Å². The van der Waals surface area contributed by atoms with Crippen molar-refractivity contribution >= 4 is 34.0 Å². The molecule has 0 aliphatic rings. The van der Waals surface area contributed by atoms with Crippen molar-refractivity contribution < 1.29 is 9.53 Å². The molecular weight excluding hydrogens is 298 g/mol. The minimum atomic E-state index is -0.274. The first-order chi connectivity index (χ1) is 9.67. The third-order valence-corrected chi connectivity index (χ3v) is 3.48. The zero-order valence-electron chi connectivity index (χ0n) is 10.9. The number of benzene rings is 1. The van der Waals surface area contributed by atoms with Gasteiger partial charge in [0.2, 0.25) is 5.13 Å². The van der Waals surface area contributed by atoms with Crippen LogP contribution in [0.1, 0.15) is 18.4 Å². The van der Waals surface area contributed by atoms with Gasteiger partial charge in [-0.2, -0.15) is 0 Å². The fourth-order valence-electron chi connectivity index (χ4n) is 1.48. The SMILES string of the molecule is CCCc1nnc(NC(=O)COc2cccc(Cl)c2)s1. The maximum atomic E-state index is 11.7. The lowest BCUT2D eigenvalue weighted by Gasteiger charge is -2.05. The predicted octanol–water partition coefficient (Wildman–Crippen LogP) is 3.16. The summed E-state index contributed by atoms with van der Waals surface area (Å²) in [5.74, 6) is 0.278. The van der Waals surface area contributed by atoms with E-state index in [1.807, 2.05) is 0 Å². The number of amides is 1. The van der Waals surface area contributed by atoms with Gasteiger partial charge in [0.15, 0.2) is 6.61 Å². The van der Waals surface area contributed by atoms with Gasteiger partial charge < -0.3 is 4.74 Å². The van der Waals surface area contributed by atoms with E-state index >= 15 is 0 Å². The van der Waals surface area contributed by atoms with Gasteiger partial charge in [0, 0.05) is 11.4 Å². The summed E-state index contributed by atoms with van der Waals surface area (Å²) in [6.45, 7) is 1.97. The number of aryl methyl sites for hydroxylation is 1. The van der Waals surface area contributed by atoms with Crippen LogP contribution in [0, 0.1) is 0 Å². The molecule has 0 spiro atoms. The largest absolute Gasteiger partial charge is 0.484 e. The number of nitrogens with one attached hydrogen (secondary N) is 1. The van der Waals surface area contributed by atoms with Crippen molar-refractivity contribution in [3.8, 4) is 5.75 Å². The molecule has 1 N–H and O–H groups in total. The summed E-state index contributed by atoms with van der Waals surface area (Å²) in [6.07, 6.45) is 1.87. The topological polar surface area (TPSA) is 64.1 Å². The van der Waals surface area contributed by atoms with Crippen LogP contribution in [-0.2, 0) is 11.2 Å². The number of carbonyl (C=O) groups excluding carboxylic acids is 1. The van der Waals surface area contributed by atoms with Gasteiger partial charge in [0.25, 0.3) is 5.91 Å². The van der Waals surface area contributed by atoms with E-state index in [0.29, 0.717) is 15.9 Å². The van der Waals surface area contributed by atoms with Crippen molar-refractivity contribution in [3.05, 3.63) is 34.3 Å².